The van der Waals surface area contributed by atoms with Gasteiger partial charge < -0.3 is 15.2 Å². The van der Waals surface area contributed by atoms with Crippen LogP contribution < -0.4 is 10.6 Å². The molecule has 0 spiro atoms. The van der Waals surface area contributed by atoms with Crippen molar-refractivity contribution < 1.29 is 9.18 Å². The van der Waals surface area contributed by atoms with E-state index in [0.717, 1.165) is 5.82 Å². The van der Waals surface area contributed by atoms with Crippen molar-refractivity contribution in [2.24, 2.45) is 7.05 Å². The lowest BCUT2D eigenvalue weighted by Gasteiger charge is -2.09. The Morgan fingerprint density at radius 3 is 2.67 bits per heavy atom. The number of urea groups is 1. The summed E-state index contributed by atoms with van der Waals surface area (Å²) in [7, 11) is 1.85. The Labute approximate surface area is 122 Å². The highest BCUT2D eigenvalue weighted by atomic mass is 19.1. The summed E-state index contributed by atoms with van der Waals surface area (Å²) < 4.78 is 15.2. The number of halogens is 1. The van der Waals surface area contributed by atoms with E-state index in [1.165, 1.54) is 12.1 Å². The molecule has 0 saturated heterocycles. The predicted octanol–water partition coefficient (Wildman–Crippen LogP) is 2.40. The molecule has 0 radical (unpaired) electrons. The molecule has 2 aromatic rings. The summed E-state index contributed by atoms with van der Waals surface area (Å²) in [6.07, 6.45) is 0. The van der Waals surface area contributed by atoms with E-state index in [-0.39, 0.29) is 18.2 Å². The molecule has 0 aliphatic heterocycles. The topological polar surface area (TPSA) is 71.8 Å². The molecule has 0 atom stereocenters. The van der Waals surface area contributed by atoms with E-state index in [1.807, 2.05) is 25.5 Å². The zero-order chi connectivity index (χ0) is 15.4. The molecule has 7 heteroatoms. The second kappa shape index (κ2) is 6.34. The number of rotatable bonds is 4. The Bertz CT molecular complexity index is 638. The second-order valence-corrected chi connectivity index (χ2v) is 4.98. The first-order valence-corrected chi connectivity index (χ1v) is 6.66. The Kier molecular flexibility index (Phi) is 4.52. The van der Waals surface area contributed by atoms with Crippen molar-refractivity contribution in [2.45, 2.75) is 26.3 Å². The summed E-state index contributed by atoms with van der Waals surface area (Å²) >= 11 is 0. The van der Waals surface area contributed by atoms with Gasteiger partial charge in [-0.3, -0.25) is 0 Å². The van der Waals surface area contributed by atoms with Crippen molar-refractivity contribution in [3.05, 3.63) is 41.7 Å². The van der Waals surface area contributed by atoms with Crippen LogP contribution in [0, 0.1) is 5.82 Å². The lowest BCUT2D eigenvalue weighted by Crippen LogP contribution is -2.29. The van der Waals surface area contributed by atoms with E-state index in [1.54, 1.807) is 12.1 Å². The van der Waals surface area contributed by atoms with Gasteiger partial charge in [-0.1, -0.05) is 26.0 Å². The zero-order valence-corrected chi connectivity index (χ0v) is 12.2. The zero-order valence-electron chi connectivity index (χ0n) is 12.2. The number of nitrogens with zero attached hydrogens (tertiary/aromatic N) is 3. The molecule has 0 fully saturated rings. The normalized spacial score (nSPS) is 10.7. The summed E-state index contributed by atoms with van der Waals surface area (Å²) in [6.45, 7) is 4.26. The number of carbonyl (C=O) groups excluding carboxylic acids is 1. The van der Waals surface area contributed by atoms with Crippen molar-refractivity contribution in [3.63, 3.8) is 0 Å². The molecule has 0 saturated carbocycles. The third kappa shape index (κ3) is 3.56. The fourth-order valence-corrected chi connectivity index (χ4v) is 1.92. The Morgan fingerprint density at radius 2 is 2.05 bits per heavy atom. The molecule has 0 unspecified atom stereocenters. The highest BCUT2D eigenvalue weighted by Crippen LogP contribution is 2.13. The number of nitrogens with one attached hydrogen (secondary N) is 2. The number of carbonyl (C=O) groups is 1. The van der Waals surface area contributed by atoms with Crippen LogP contribution in [-0.4, -0.2) is 20.8 Å². The van der Waals surface area contributed by atoms with Crippen molar-refractivity contribution in [3.8, 4) is 0 Å². The summed E-state index contributed by atoms with van der Waals surface area (Å²) in [5, 5.41) is 13.2. The SMILES string of the molecule is CC(C)c1nnc(CNC(=O)Nc2ccccc2F)n1C. The van der Waals surface area contributed by atoms with E-state index >= 15 is 0 Å². The van der Waals surface area contributed by atoms with Crippen LogP contribution in [0.2, 0.25) is 0 Å². The molecule has 0 aliphatic rings. The standard InChI is InChI=1S/C14H18FN5O/c1-9(2)13-19-18-12(20(13)3)8-16-14(21)17-11-7-5-4-6-10(11)15/h4-7,9H,8H2,1-3H3,(H2,16,17,21). The van der Waals surface area contributed by atoms with E-state index in [4.69, 9.17) is 0 Å². The average Bonchev–Trinajstić information content (AvgIpc) is 2.80. The highest BCUT2D eigenvalue weighted by Gasteiger charge is 2.12. The van der Waals surface area contributed by atoms with Gasteiger partial charge in [-0.2, -0.15) is 0 Å². The lowest BCUT2D eigenvalue weighted by atomic mass is 10.2. The number of benzene rings is 1. The van der Waals surface area contributed by atoms with Gasteiger partial charge in [0.15, 0.2) is 5.82 Å². The van der Waals surface area contributed by atoms with Gasteiger partial charge in [0.2, 0.25) is 0 Å². The molecule has 2 amide bonds. The highest BCUT2D eigenvalue weighted by molar-refractivity contribution is 5.89. The van der Waals surface area contributed by atoms with Crippen molar-refractivity contribution >= 4 is 11.7 Å². The average molecular weight is 291 g/mol. The fraction of sp³-hybridized carbons (Fsp3) is 0.357. The molecule has 2 N–H and O–H groups in total. The minimum atomic E-state index is -0.491. The quantitative estimate of drug-likeness (QED) is 0.908. The lowest BCUT2D eigenvalue weighted by molar-refractivity contribution is 0.251. The van der Waals surface area contributed by atoms with Gasteiger partial charge >= 0.3 is 6.03 Å². The number of aromatic nitrogens is 3. The fourth-order valence-electron chi connectivity index (χ4n) is 1.92. The molecule has 0 aliphatic carbocycles. The summed E-state index contributed by atoms with van der Waals surface area (Å²) in [5.74, 6) is 1.26. The van der Waals surface area contributed by atoms with Crippen LogP contribution in [0.15, 0.2) is 24.3 Å². The number of hydrogen-bond acceptors (Lipinski definition) is 3. The van der Waals surface area contributed by atoms with Crippen LogP contribution in [0.25, 0.3) is 0 Å². The van der Waals surface area contributed by atoms with E-state index in [9.17, 15) is 9.18 Å². The third-order valence-electron chi connectivity index (χ3n) is 3.04. The number of amides is 2. The van der Waals surface area contributed by atoms with Crippen molar-refractivity contribution in [2.75, 3.05) is 5.32 Å². The van der Waals surface area contributed by atoms with Gasteiger partial charge in [0.25, 0.3) is 0 Å². The summed E-state index contributed by atoms with van der Waals surface area (Å²) in [5.41, 5.74) is 0.135. The predicted molar refractivity (Wildman–Crippen MR) is 77.4 cm³/mol. The molecule has 1 aromatic heterocycles. The van der Waals surface area contributed by atoms with Crippen LogP contribution in [0.3, 0.4) is 0 Å². The molecule has 1 heterocycles. The van der Waals surface area contributed by atoms with E-state index in [2.05, 4.69) is 20.8 Å². The van der Waals surface area contributed by atoms with Gasteiger partial charge in [0.1, 0.15) is 11.6 Å². The largest absolute Gasteiger partial charge is 0.331 e. The molecule has 2 rings (SSSR count). The molecule has 0 bridgehead atoms. The van der Waals surface area contributed by atoms with Crippen LogP contribution >= 0.6 is 0 Å². The second-order valence-electron chi connectivity index (χ2n) is 4.98. The Morgan fingerprint density at radius 1 is 1.33 bits per heavy atom. The summed E-state index contributed by atoms with van der Waals surface area (Å²) in [6, 6.07) is 5.50. The van der Waals surface area contributed by atoms with Gasteiger partial charge in [-0.15, -0.1) is 10.2 Å². The first-order valence-electron chi connectivity index (χ1n) is 6.66. The molecular weight excluding hydrogens is 273 g/mol. The Balaban J connectivity index is 1.94. The molecule has 21 heavy (non-hydrogen) atoms. The minimum absolute atomic E-state index is 0.135. The number of hydrogen-bond donors (Lipinski definition) is 2. The first kappa shape index (κ1) is 15.0. The summed E-state index contributed by atoms with van der Waals surface area (Å²) in [4.78, 5) is 11.7. The smallest absolute Gasteiger partial charge is 0.319 e. The van der Waals surface area contributed by atoms with Crippen LogP contribution in [-0.2, 0) is 13.6 Å². The first-order chi connectivity index (χ1) is 9.99. The van der Waals surface area contributed by atoms with Crippen molar-refractivity contribution in [1.82, 2.24) is 20.1 Å². The van der Waals surface area contributed by atoms with Crippen molar-refractivity contribution in [1.29, 1.82) is 0 Å². The van der Waals surface area contributed by atoms with Gasteiger partial charge in [0.05, 0.1) is 12.2 Å². The minimum Gasteiger partial charge on any atom is -0.331 e. The van der Waals surface area contributed by atoms with Gasteiger partial charge in [0, 0.05) is 13.0 Å². The third-order valence-corrected chi connectivity index (χ3v) is 3.04. The molecule has 1 aromatic carbocycles. The number of para-hydroxylation sites is 1. The van der Waals surface area contributed by atoms with Gasteiger partial charge in [-0.05, 0) is 12.1 Å². The maximum Gasteiger partial charge on any atom is 0.319 e. The Hall–Kier alpha value is -2.44. The van der Waals surface area contributed by atoms with E-state index < -0.39 is 11.8 Å². The molecule has 112 valence electrons. The maximum atomic E-state index is 13.4. The monoisotopic (exact) mass is 291 g/mol. The van der Waals surface area contributed by atoms with Crippen LogP contribution in [0.1, 0.15) is 31.4 Å². The number of anilines is 1. The van der Waals surface area contributed by atoms with Crippen LogP contribution in [0.4, 0.5) is 14.9 Å². The van der Waals surface area contributed by atoms with Crippen LogP contribution in [0.5, 0.6) is 0 Å². The molecule has 6 nitrogen and oxygen atoms in total. The van der Waals surface area contributed by atoms with E-state index in [0.29, 0.717) is 5.82 Å². The molecular formula is C14H18FN5O. The maximum absolute atomic E-state index is 13.4. The van der Waals surface area contributed by atoms with Gasteiger partial charge in [-0.25, -0.2) is 9.18 Å².